The van der Waals surface area contributed by atoms with E-state index in [4.69, 9.17) is 4.42 Å². The van der Waals surface area contributed by atoms with Crippen molar-refractivity contribution in [3.8, 4) is 11.5 Å². The molecule has 0 radical (unpaired) electrons. The van der Waals surface area contributed by atoms with Crippen LogP contribution in [0.15, 0.2) is 46.2 Å². The van der Waals surface area contributed by atoms with Crippen molar-refractivity contribution < 1.29 is 17.6 Å². The molecule has 0 spiro atoms. The molecule has 0 saturated heterocycles. The molecule has 120 valence electrons. The van der Waals surface area contributed by atoms with Crippen LogP contribution < -0.4 is 0 Å². The summed E-state index contributed by atoms with van der Waals surface area (Å²) < 4.78 is 45.3. The van der Waals surface area contributed by atoms with E-state index in [2.05, 4.69) is 15.3 Å². The number of benzene rings is 1. The van der Waals surface area contributed by atoms with E-state index in [9.17, 15) is 13.2 Å². The van der Waals surface area contributed by atoms with Gasteiger partial charge in [-0.15, -0.1) is 10.2 Å². The number of thioether (sulfide) groups is 1. The molecule has 3 rings (SSSR count). The molecule has 0 fully saturated rings. The Bertz CT molecular complexity index is 798. The monoisotopic (exact) mass is 340 g/mol. The Hall–Kier alpha value is -2.29. The minimum Gasteiger partial charge on any atom is -0.411 e. The molecule has 23 heavy (non-hydrogen) atoms. The smallest absolute Gasteiger partial charge is 0.411 e. The van der Waals surface area contributed by atoms with Crippen LogP contribution >= 0.6 is 11.8 Å². The first-order valence-electron chi connectivity index (χ1n) is 6.55. The largest absolute Gasteiger partial charge is 0.435 e. The maximum Gasteiger partial charge on any atom is 0.435 e. The summed E-state index contributed by atoms with van der Waals surface area (Å²) in [6.07, 6.45) is -3.37. The highest BCUT2D eigenvalue weighted by molar-refractivity contribution is 7.98. The maximum absolute atomic E-state index is 13.0. The van der Waals surface area contributed by atoms with E-state index >= 15 is 0 Å². The summed E-state index contributed by atoms with van der Waals surface area (Å²) in [5, 5.41) is 11.1. The van der Waals surface area contributed by atoms with Crippen LogP contribution in [0.4, 0.5) is 13.2 Å². The molecule has 0 amide bonds. The second kappa shape index (κ2) is 6.07. The Labute approximate surface area is 133 Å². The Morgan fingerprint density at radius 1 is 1.17 bits per heavy atom. The van der Waals surface area contributed by atoms with Gasteiger partial charge in [-0.1, -0.05) is 42.1 Å². The van der Waals surface area contributed by atoms with Crippen molar-refractivity contribution in [2.75, 3.05) is 0 Å². The molecule has 9 heteroatoms. The van der Waals surface area contributed by atoms with Crippen LogP contribution in [0, 0.1) is 0 Å². The fourth-order valence-corrected chi connectivity index (χ4v) is 2.67. The third kappa shape index (κ3) is 3.55. The quantitative estimate of drug-likeness (QED) is 0.677. The molecule has 0 unspecified atom stereocenters. The van der Waals surface area contributed by atoms with E-state index in [0.717, 1.165) is 10.2 Å². The Morgan fingerprint density at radius 2 is 1.91 bits per heavy atom. The number of halogens is 3. The number of aryl methyl sites for hydroxylation is 1. The van der Waals surface area contributed by atoms with Gasteiger partial charge in [0.1, 0.15) is 0 Å². The van der Waals surface area contributed by atoms with Crippen LogP contribution in [-0.2, 0) is 19.0 Å². The minimum absolute atomic E-state index is 0.194. The fourth-order valence-electron chi connectivity index (χ4n) is 1.95. The summed E-state index contributed by atoms with van der Waals surface area (Å²) in [7, 11) is 1.40. The van der Waals surface area contributed by atoms with Crippen LogP contribution in [-0.4, -0.2) is 20.0 Å². The summed E-state index contributed by atoms with van der Waals surface area (Å²) in [5.41, 5.74) is -0.211. The lowest BCUT2D eigenvalue weighted by atomic mass is 10.2. The Kier molecular flexibility index (Phi) is 4.12. The third-order valence-corrected chi connectivity index (χ3v) is 3.83. The van der Waals surface area contributed by atoms with Crippen molar-refractivity contribution in [1.29, 1.82) is 0 Å². The predicted molar refractivity (Wildman–Crippen MR) is 77.5 cm³/mol. The average Bonchev–Trinajstić information content (AvgIpc) is 3.12. The van der Waals surface area contributed by atoms with Crippen molar-refractivity contribution in [2.24, 2.45) is 7.05 Å². The number of rotatable bonds is 4. The van der Waals surface area contributed by atoms with Gasteiger partial charge in [0.05, 0.1) is 5.56 Å². The molecule has 2 heterocycles. The van der Waals surface area contributed by atoms with Crippen LogP contribution in [0.25, 0.3) is 11.5 Å². The highest BCUT2D eigenvalue weighted by Gasteiger charge is 2.38. The first-order chi connectivity index (χ1) is 10.9. The molecule has 0 bridgehead atoms. The van der Waals surface area contributed by atoms with Gasteiger partial charge in [0.2, 0.25) is 0 Å². The minimum atomic E-state index is -4.58. The molecule has 0 atom stereocenters. The zero-order valence-electron chi connectivity index (χ0n) is 11.9. The number of aromatic nitrogens is 4. The average molecular weight is 340 g/mol. The van der Waals surface area contributed by atoms with Gasteiger partial charge in [-0.05, 0) is 5.56 Å². The van der Waals surface area contributed by atoms with E-state index in [0.29, 0.717) is 5.75 Å². The molecule has 0 saturated carbocycles. The van der Waals surface area contributed by atoms with Gasteiger partial charge < -0.3 is 4.42 Å². The molecule has 0 aliphatic rings. The maximum atomic E-state index is 13.0. The first-order valence-corrected chi connectivity index (χ1v) is 7.53. The molecular weight excluding hydrogens is 329 g/mol. The molecule has 5 nitrogen and oxygen atoms in total. The van der Waals surface area contributed by atoms with Crippen LogP contribution in [0.3, 0.4) is 0 Å². The number of hydrogen-bond donors (Lipinski definition) is 0. The zero-order valence-corrected chi connectivity index (χ0v) is 12.7. The van der Waals surface area contributed by atoms with Gasteiger partial charge in [0, 0.05) is 19.0 Å². The SMILES string of the molecule is Cn1cc(-c2nnc(SCc3ccccc3)o2)c(C(F)(F)F)n1. The molecule has 1 aromatic carbocycles. The number of nitrogens with zero attached hydrogens (tertiary/aromatic N) is 4. The van der Waals surface area contributed by atoms with Gasteiger partial charge in [-0.2, -0.15) is 18.3 Å². The summed E-state index contributed by atoms with van der Waals surface area (Å²) in [4.78, 5) is 0. The van der Waals surface area contributed by atoms with Gasteiger partial charge in [0.25, 0.3) is 11.1 Å². The normalized spacial score (nSPS) is 11.8. The summed E-state index contributed by atoms with van der Waals surface area (Å²) in [6, 6.07) is 9.58. The van der Waals surface area contributed by atoms with E-state index in [1.165, 1.54) is 25.0 Å². The lowest BCUT2D eigenvalue weighted by Gasteiger charge is -2.02. The van der Waals surface area contributed by atoms with E-state index < -0.39 is 11.9 Å². The molecule has 0 N–H and O–H groups in total. The third-order valence-electron chi connectivity index (χ3n) is 2.94. The first kappa shape index (κ1) is 15.6. The second-order valence-corrected chi connectivity index (χ2v) is 5.64. The number of alkyl halides is 3. The van der Waals surface area contributed by atoms with E-state index in [-0.39, 0.29) is 16.7 Å². The van der Waals surface area contributed by atoms with Gasteiger partial charge >= 0.3 is 6.18 Å². The van der Waals surface area contributed by atoms with Crippen molar-refractivity contribution in [3.05, 3.63) is 47.8 Å². The molecular formula is C14H11F3N4OS. The van der Waals surface area contributed by atoms with Crippen molar-refractivity contribution in [3.63, 3.8) is 0 Å². The number of hydrogen-bond acceptors (Lipinski definition) is 5. The molecule has 2 aromatic heterocycles. The van der Waals surface area contributed by atoms with Gasteiger partial charge in [0.15, 0.2) is 5.69 Å². The van der Waals surface area contributed by atoms with E-state index in [1.54, 1.807) is 0 Å². The van der Waals surface area contributed by atoms with Gasteiger partial charge in [-0.3, -0.25) is 4.68 Å². The van der Waals surface area contributed by atoms with Crippen LogP contribution in [0.5, 0.6) is 0 Å². The Morgan fingerprint density at radius 3 is 2.61 bits per heavy atom. The highest BCUT2D eigenvalue weighted by Crippen LogP contribution is 2.36. The summed E-state index contributed by atoms with van der Waals surface area (Å²) >= 11 is 1.26. The fraction of sp³-hybridized carbons (Fsp3) is 0.214. The van der Waals surface area contributed by atoms with Crippen molar-refractivity contribution in [1.82, 2.24) is 20.0 Å². The Balaban J connectivity index is 1.80. The molecule has 3 aromatic rings. The van der Waals surface area contributed by atoms with Gasteiger partial charge in [-0.25, -0.2) is 0 Å². The molecule has 0 aliphatic carbocycles. The second-order valence-electron chi connectivity index (χ2n) is 4.71. The zero-order chi connectivity index (χ0) is 16.4. The lowest BCUT2D eigenvalue weighted by Crippen LogP contribution is -2.08. The van der Waals surface area contributed by atoms with Crippen LogP contribution in [0.1, 0.15) is 11.3 Å². The molecule has 0 aliphatic heterocycles. The van der Waals surface area contributed by atoms with Crippen molar-refractivity contribution >= 4 is 11.8 Å². The highest BCUT2D eigenvalue weighted by atomic mass is 32.2. The topological polar surface area (TPSA) is 56.7 Å². The summed E-state index contributed by atoms with van der Waals surface area (Å²) in [6.45, 7) is 0. The van der Waals surface area contributed by atoms with Crippen molar-refractivity contribution in [2.45, 2.75) is 17.2 Å². The summed E-state index contributed by atoms with van der Waals surface area (Å²) in [5.74, 6) is 0.391. The lowest BCUT2D eigenvalue weighted by molar-refractivity contribution is -0.141. The predicted octanol–water partition coefficient (Wildman–Crippen LogP) is 3.78. The standard InChI is InChI=1S/C14H11F3N4OS/c1-21-7-10(11(20-21)14(15,16)17)12-18-19-13(22-12)23-8-9-5-3-2-4-6-9/h2-7H,8H2,1H3. The van der Waals surface area contributed by atoms with Crippen LogP contribution in [0.2, 0.25) is 0 Å². The van der Waals surface area contributed by atoms with E-state index in [1.807, 2.05) is 30.3 Å².